The van der Waals surface area contributed by atoms with Crippen LogP contribution in [0.3, 0.4) is 0 Å². The van der Waals surface area contributed by atoms with E-state index in [2.05, 4.69) is 0 Å². The minimum absolute atomic E-state index is 0.00733. The first-order chi connectivity index (χ1) is 12.7. The number of nitrogens with zero attached hydrogens (tertiary/aromatic N) is 2. The number of hydrogen-bond acceptors (Lipinski definition) is 6. The summed E-state index contributed by atoms with van der Waals surface area (Å²) in [5.74, 6) is -1.01. The predicted octanol–water partition coefficient (Wildman–Crippen LogP) is 2.83. The van der Waals surface area contributed by atoms with Gasteiger partial charge in [-0.1, -0.05) is 17.7 Å². The van der Waals surface area contributed by atoms with E-state index < -0.39 is 17.0 Å². The molecule has 0 saturated carbocycles. The van der Waals surface area contributed by atoms with E-state index in [1.807, 2.05) is 13.8 Å². The van der Waals surface area contributed by atoms with Gasteiger partial charge in [0.15, 0.2) is 6.10 Å². The molecule has 1 heterocycles. The number of ether oxygens (including phenoxy) is 2. The zero-order chi connectivity index (χ0) is 20.1. The Bertz CT molecular complexity index is 756. The van der Waals surface area contributed by atoms with E-state index in [9.17, 15) is 19.7 Å². The monoisotopic (exact) mass is 396 g/mol. The number of carbonyl (C=O) groups is 2. The molecule has 1 amide bonds. The molecule has 1 aliphatic heterocycles. The molecule has 3 atom stereocenters. The van der Waals surface area contributed by atoms with Crippen molar-refractivity contribution in [2.75, 3.05) is 13.1 Å². The molecular weight excluding hydrogens is 376 g/mol. The molecule has 8 nitrogen and oxygen atoms in total. The van der Waals surface area contributed by atoms with Crippen molar-refractivity contribution >= 4 is 35.2 Å². The second-order valence-electron chi connectivity index (χ2n) is 6.38. The fourth-order valence-electron chi connectivity index (χ4n) is 2.82. The van der Waals surface area contributed by atoms with Crippen molar-refractivity contribution in [1.29, 1.82) is 0 Å². The average molecular weight is 397 g/mol. The Morgan fingerprint density at radius 3 is 2.59 bits per heavy atom. The van der Waals surface area contributed by atoms with Crippen molar-refractivity contribution in [3.63, 3.8) is 0 Å². The molecule has 0 N–H and O–H groups in total. The zero-order valence-electron chi connectivity index (χ0n) is 15.3. The first-order valence-electron chi connectivity index (χ1n) is 8.44. The van der Waals surface area contributed by atoms with Gasteiger partial charge in [-0.25, -0.2) is 4.79 Å². The average Bonchev–Trinajstić information content (AvgIpc) is 2.59. The van der Waals surface area contributed by atoms with Gasteiger partial charge in [-0.15, -0.1) is 0 Å². The van der Waals surface area contributed by atoms with Gasteiger partial charge in [0.25, 0.3) is 11.6 Å². The van der Waals surface area contributed by atoms with Crippen molar-refractivity contribution in [1.82, 2.24) is 4.90 Å². The van der Waals surface area contributed by atoms with E-state index in [0.717, 1.165) is 6.08 Å². The Hall–Kier alpha value is -2.45. The summed E-state index contributed by atoms with van der Waals surface area (Å²) in [5, 5.41) is 10.9. The highest BCUT2D eigenvalue weighted by Crippen LogP contribution is 2.25. The van der Waals surface area contributed by atoms with Crippen LogP contribution in [0.1, 0.15) is 26.3 Å². The van der Waals surface area contributed by atoms with Crippen LogP contribution in [0.15, 0.2) is 24.3 Å². The third-order valence-corrected chi connectivity index (χ3v) is 4.27. The molecule has 1 fully saturated rings. The van der Waals surface area contributed by atoms with E-state index >= 15 is 0 Å². The number of halogens is 1. The van der Waals surface area contributed by atoms with Crippen molar-refractivity contribution in [2.45, 2.75) is 39.1 Å². The molecule has 1 aliphatic rings. The van der Waals surface area contributed by atoms with Crippen LogP contribution in [-0.2, 0) is 19.1 Å². The van der Waals surface area contributed by atoms with Crippen LogP contribution in [0.5, 0.6) is 0 Å². The van der Waals surface area contributed by atoms with Gasteiger partial charge in [0, 0.05) is 25.2 Å². The maximum absolute atomic E-state index is 12.4. The number of carbonyl (C=O) groups excluding carboxylic acids is 2. The molecule has 0 aliphatic carbocycles. The smallest absolute Gasteiger partial charge is 0.331 e. The van der Waals surface area contributed by atoms with E-state index in [-0.39, 0.29) is 28.8 Å². The van der Waals surface area contributed by atoms with Crippen molar-refractivity contribution < 1.29 is 24.0 Å². The first-order valence-corrected chi connectivity index (χ1v) is 8.82. The number of benzene rings is 1. The lowest BCUT2D eigenvalue weighted by atomic mass is 10.2. The number of nitro groups is 1. The zero-order valence-corrected chi connectivity index (χ0v) is 16.0. The van der Waals surface area contributed by atoms with Gasteiger partial charge >= 0.3 is 5.97 Å². The van der Waals surface area contributed by atoms with Crippen LogP contribution >= 0.6 is 11.6 Å². The third-order valence-electron chi connectivity index (χ3n) is 3.95. The standard InChI is InChI=1S/C18H21ClN2O6/c1-11-9-20(10-12(2)26-11)18(23)13(3)27-17(22)7-5-14-4-6-15(19)16(8-14)21(24)25/h4-8,11-13H,9-10H2,1-3H3/b7-5+/t11-,12-,13+/m1/s1. The summed E-state index contributed by atoms with van der Waals surface area (Å²) in [6, 6.07) is 4.15. The minimum atomic E-state index is -0.945. The van der Waals surface area contributed by atoms with Crippen molar-refractivity contribution in [3.8, 4) is 0 Å². The molecule has 27 heavy (non-hydrogen) atoms. The molecule has 9 heteroatoms. The number of amides is 1. The lowest BCUT2D eigenvalue weighted by molar-refractivity contribution is -0.384. The predicted molar refractivity (Wildman–Crippen MR) is 99.3 cm³/mol. The number of esters is 1. The highest BCUT2D eigenvalue weighted by atomic mass is 35.5. The fourth-order valence-corrected chi connectivity index (χ4v) is 3.00. The number of nitro benzene ring substituents is 1. The molecule has 146 valence electrons. The molecule has 0 bridgehead atoms. The minimum Gasteiger partial charge on any atom is -0.449 e. The van der Waals surface area contributed by atoms with E-state index in [1.54, 1.807) is 4.90 Å². The Balaban J connectivity index is 1.96. The molecular formula is C18H21ClN2O6. The maximum Gasteiger partial charge on any atom is 0.331 e. The van der Waals surface area contributed by atoms with Crippen LogP contribution in [0.2, 0.25) is 5.02 Å². The summed E-state index contributed by atoms with van der Waals surface area (Å²) < 4.78 is 10.7. The van der Waals surface area contributed by atoms with Gasteiger partial charge < -0.3 is 14.4 Å². The van der Waals surface area contributed by atoms with Crippen LogP contribution in [0.4, 0.5) is 5.69 Å². The van der Waals surface area contributed by atoms with Gasteiger partial charge in [0.05, 0.1) is 17.1 Å². The third kappa shape index (κ3) is 5.77. The van der Waals surface area contributed by atoms with Gasteiger partial charge in [-0.05, 0) is 38.5 Å². The normalized spacial score (nSPS) is 21.1. The summed E-state index contributed by atoms with van der Waals surface area (Å²) in [6.07, 6.45) is 1.37. The summed E-state index contributed by atoms with van der Waals surface area (Å²) in [7, 11) is 0. The molecule has 0 radical (unpaired) electrons. The van der Waals surface area contributed by atoms with Crippen LogP contribution in [0.25, 0.3) is 6.08 Å². The SMILES string of the molecule is C[C@@H]1CN(C(=O)[C@H](C)OC(=O)/C=C/c2ccc(Cl)c([N+](=O)[O-])c2)C[C@@H](C)O1. The summed E-state index contributed by atoms with van der Waals surface area (Å²) in [6.45, 7) is 6.14. The second kappa shape index (κ2) is 8.96. The van der Waals surface area contributed by atoms with Gasteiger partial charge in [-0.2, -0.15) is 0 Å². The van der Waals surface area contributed by atoms with Gasteiger partial charge in [-0.3, -0.25) is 14.9 Å². The van der Waals surface area contributed by atoms with Crippen molar-refractivity contribution in [3.05, 3.63) is 45.0 Å². The Kier molecular flexibility index (Phi) is 6.92. The largest absolute Gasteiger partial charge is 0.449 e. The van der Waals surface area contributed by atoms with E-state index in [0.29, 0.717) is 18.7 Å². The highest BCUT2D eigenvalue weighted by molar-refractivity contribution is 6.32. The summed E-state index contributed by atoms with van der Waals surface area (Å²) >= 11 is 5.74. The lowest BCUT2D eigenvalue weighted by Crippen LogP contribution is -2.51. The molecule has 0 aromatic heterocycles. The Labute approximate surface area is 161 Å². The second-order valence-corrected chi connectivity index (χ2v) is 6.79. The van der Waals surface area contributed by atoms with Gasteiger partial charge in [0.2, 0.25) is 0 Å². The maximum atomic E-state index is 12.4. The lowest BCUT2D eigenvalue weighted by Gasteiger charge is -2.36. The summed E-state index contributed by atoms with van der Waals surface area (Å²) in [4.78, 5) is 36.3. The number of rotatable bonds is 5. The van der Waals surface area contributed by atoms with E-state index in [4.69, 9.17) is 21.1 Å². The number of morpholine rings is 1. The van der Waals surface area contributed by atoms with Crippen LogP contribution < -0.4 is 0 Å². The molecule has 1 aromatic rings. The Morgan fingerprint density at radius 1 is 1.37 bits per heavy atom. The van der Waals surface area contributed by atoms with E-state index in [1.165, 1.54) is 31.2 Å². The highest BCUT2D eigenvalue weighted by Gasteiger charge is 2.30. The van der Waals surface area contributed by atoms with Crippen LogP contribution in [-0.4, -0.2) is 53.1 Å². The molecule has 0 spiro atoms. The van der Waals surface area contributed by atoms with Crippen molar-refractivity contribution in [2.24, 2.45) is 0 Å². The Morgan fingerprint density at radius 2 is 2.00 bits per heavy atom. The summed E-state index contributed by atoms with van der Waals surface area (Å²) in [5.41, 5.74) is 0.157. The topological polar surface area (TPSA) is 99.0 Å². The quantitative estimate of drug-likeness (QED) is 0.328. The molecule has 1 saturated heterocycles. The molecule has 2 rings (SSSR count). The molecule has 1 aromatic carbocycles. The van der Waals surface area contributed by atoms with Gasteiger partial charge in [0.1, 0.15) is 5.02 Å². The number of hydrogen-bond donors (Lipinski definition) is 0. The molecule has 0 unspecified atom stereocenters. The fraction of sp³-hybridized carbons (Fsp3) is 0.444. The first kappa shape index (κ1) is 20.9. The van der Waals surface area contributed by atoms with Crippen LogP contribution in [0, 0.1) is 10.1 Å².